The Morgan fingerprint density at radius 1 is 0.903 bits per heavy atom. The fourth-order valence-electron chi connectivity index (χ4n) is 3.71. The van der Waals surface area contributed by atoms with Crippen LogP contribution in [-0.2, 0) is 25.6 Å². The number of nitrogens with one attached hydrogen (secondary N) is 1. The topological polar surface area (TPSA) is 71.1 Å². The standard InChI is InChI=1S/C24H27N3O4/c1-24(2)30-22(28)21(23(29)31-24)16-25-19-8-10-20(11-9-19)27-14-12-26(13-15-27)17-18-6-4-3-5-7-18/h3-11,16,25H,12-15,17H2,1-2H3. The first-order chi connectivity index (χ1) is 14.9. The van der Waals surface area contributed by atoms with Crippen LogP contribution in [0.5, 0.6) is 0 Å². The van der Waals surface area contributed by atoms with Gasteiger partial charge in [0, 0.05) is 64.1 Å². The Morgan fingerprint density at radius 2 is 1.52 bits per heavy atom. The van der Waals surface area contributed by atoms with Gasteiger partial charge in [-0.15, -0.1) is 0 Å². The lowest BCUT2D eigenvalue weighted by atomic mass is 10.2. The minimum atomic E-state index is -1.24. The maximum atomic E-state index is 12.0. The number of piperazine rings is 1. The second-order valence-corrected chi connectivity index (χ2v) is 8.18. The zero-order chi connectivity index (χ0) is 21.8. The predicted octanol–water partition coefficient (Wildman–Crippen LogP) is 3.14. The lowest BCUT2D eigenvalue weighted by Gasteiger charge is -2.36. The molecule has 0 unspecified atom stereocenters. The van der Waals surface area contributed by atoms with Crippen LogP contribution in [0.4, 0.5) is 11.4 Å². The number of hydrogen-bond acceptors (Lipinski definition) is 7. The zero-order valence-electron chi connectivity index (χ0n) is 17.8. The van der Waals surface area contributed by atoms with Gasteiger partial charge in [0.15, 0.2) is 5.57 Å². The van der Waals surface area contributed by atoms with E-state index in [0.717, 1.165) is 44.1 Å². The lowest BCUT2D eigenvalue weighted by molar-refractivity contribution is -0.222. The van der Waals surface area contributed by atoms with Crippen molar-refractivity contribution >= 4 is 23.3 Å². The van der Waals surface area contributed by atoms with Gasteiger partial charge in [-0.05, 0) is 29.8 Å². The first kappa shape index (κ1) is 20.9. The van der Waals surface area contributed by atoms with E-state index >= 15 is 0 Å². The second kappa shape index (κ2) is 8.81. The number of esters is 2. The van der Waals surface area contributed by atoms with Crippen molar-refractivity contribution in [2.24, 2.45) is 0 Å². The number of nitrogens with zero attached hydrogens (tertiary/aromatic N) is 2. The number of anilines is 2. The summed E-state index contributed by atoms with van der Waals surface area (Å²) in [5, 5.41) is 2.98. The van der Waals surface area contributed by atoms with Crippen LogP contribution in [0.15, 0.2) is 66.4 Å². The van der Waals surface area contributed by atoms with E-state index in [1.807, 2.05) is 30.3 Å². The van der Waals surface area contributed by atoms with Gasteiger partial charge in [0.05, 0.1) is 0 Å². The quantitative estimate of drug-likeness (QED) is 0.452. The van der Waals surface area contributed by atoms with Gasteiger partial charge in [0.25, 0.3) is 5.79 Å². The number of cyclic esters (lactones) is 2. The third-order valence-electron chi connectivity index (χ3n) is 5.35. The summed E-state index contributed by atoms with van der Waals surface area (Å²) >= 11 is 0. The highest BCUT2D eigenvalue weighted by atomic mass is 16.7. The molecule has 0 bridgehead atoms. The molecule has 0 amide bonds. The molecule has 2 fully saturated rings. The Balaban J connectivity index is 1.31. The van der Waals surface area contributed by atoms with Gasteiger partial charge in [0.1, 0.15) is 0 Å². The predicted molar refractivity (Wildman–Crippen MR) is 118 cm³/mol. The fourth-order valence-corrected chi connectivity index (χ4v) is 3.71. The van der Waals surface area contributed by atoms with E-state index in [2.05, 4.69) is 39.4 Å². The average Bonchev–Trinajstić information content (AvgIpc) is 2.74. The lowest BCUT2D eigenvalue weighted by Crippen LogP contribution is -2.45. The Hall–Kier alpha value is -3.32. The molecule has 0 aromatic heterocycles. The molecule has 2 aliphatic heterocycles. The molecule has 2 aromatic rings. The molecule has 0 aliphatic carbocycles. The third kappa shape index (κ3) is 5.24. The summed E-state index contributed by atoms with van der Waals surface area (Å²) in [6.07, 6.45) is 1.33. The molecule has 31 heavy (non-hydrogen) atoms. The normalized spacial score (nSPS) is 18.9. The molecule has 2 heterocycles. The van der Waals surface area contributed by atoms with Crippen LogP contribution in [-0.4, -0.2) is 48.8 Å². The summed E-state index contributed by atoms with van der Waals surface area (Å²) in [6.45, 7) is 7.99. The highest BCUT2D eigenvalue weighted by Crippen LogP contribution is 2.24. The number of rotatable bonds is 5. The maximum absolute atomic E-state index is 12.0. The molecule has 7 heteroatoms. The van der Waals surface area contributed by atoms with Gasteiger partial charge in [0.2, 0.25) is 0 Å². The minimum Gasteiger partial charge on any atom is -0.419 e. The highest BCUT2D eigenvalue weighted by molar-refractivity contribution is 6.15. The largest absolute Gasteiger partial charge is 0.419 e. The first-order valence-corrected chi connectivity index (χ1v) is 10.4. The Bertz CT molecular complexity index is 940. The number of hydrogen-bond donors (Lipinski definition) is 1. The summed E-state index contributed by atoms with van der Waals surface area (Å²) in [5.74, 6) is -2.63. The molecule has 2 aromatic carbocycles. The van der Waals surface area contributed by atoms with Crippen molar-refractivity contribution in [2.75, 3.05) is 36.4 Å². The van der Waals surface area contributed by atoms with Gasteiger partial charge in [-0.3, -0.25) is 4.90 Å². The van der Waals surface area contributed by atoms with E-state index in [9.17, 15) is 9.59 Å². The van der Waals surface area contributed by atoms with E-state index in [1.165, 1.54) is 25.6 Å². The van der Waals surface area contributed by atoms with Crippen molar-refractivity contribution in [3.05, 3.63) is 71.9 Å². The monoisotopic (exact) mass is 421 g/mol. The van der Waals surface area contributed by atoms with Crippen molar-refractivity contribution < 1.29 is 19.1 Å². The van der Waals surface area contributed by atoms with Crippen molar-refractivity contribution in [3.63, 3.8) is 0 Å². The Labute approximate surface area is 182 Å². The second-order valence-electron chi connectivity index (χ2n) is 8.18. The van der Waals surface area contributed by atoms with Crippen LogP contribution in [0.1, 0.15) is 19.4 Å². The van der Waals surface area contributed by atoms with Crippen LogP contribution in [0.3, 0.4) is 0 Å². The van der Waals surface area contributed by atoms with E-state index in [1.54, 1.807) is 0 Å². The molecule has 0 atom stereocenters. The molecule has 0 spiro atoms. The SMILES string of the molecule is CC1(C)OC(=O)C(=CNc2ccc(N3CCN(Cc4ccccc4)CC3)cc2)C(=O)O1. The van der Waals surface area contributed by atoms with E-state index < -0.39 is 17.7 Å². The van der Waals surface area contributed by atoms with E-state index in [0.29, 0.717) is 0 Å². The minimum absolute atomic E-state index is 0.155. The van der Waals surface area contributed by atoms with Gasteiger partial charge in [-0.1, -0.05) is 30.3 Å². The molecule has 2 saturated heterocycles. The molecular formula is C24H27N3O4. The van der Waals surface area contributed by atoms with Crippen LogP contribution in [0, 0.1) is 0 Å². The number of carbonyl (C=O) groups is 2. The van der Waals surface area contributed by atoms with E-state index in [-0.39, 0.29) is 5.57 Å². The molecule has 2 aliphatic rings. The van der Waals surface area contributed by atoms with Crippen LogP contribution in [0.25, 0.3) is 0 Å². The van der Waals surface area contributed by atoms with Crippen molar-refractivity contribution in [1.29, 1.82) is 0 Å². The number of ether oxygens (including phenoxy) is 2. The molecular weight excluding hydrogens is 394 g/mol. The van der Waals surface area contributed by atoms with Gasteiger partial charge < -0.3 is 19.7 Å². The molecule has 7 nitrogen and oxygen atoms in total. The summed E-state index contributed by atoms with van der Waals surface area (Å²) in [5.41, 5.74) is 3.10. The summed E-state index contributed by atoms with van der Waals surface area (Å²) < 4.78 is 10.2. The third-order valence-corrected chi connectivity index (χ3v) is 5.35. The van der Waals surface area contributed by atoms with Crippen molar-refractivity contribution in [3.8, 4) is 0 Å². The molecule has 0 radical (unpaired) electrons. The summed E-state index contributed by atoms with van der Waals surface area (Å²) in [6, 6.07) is 18.5. The molecule has 4 rings (SSSR count). The van der Waals surface area contributed by atoms with E-state index in [4.69, 9.17) is 9.47 Å². The number of carbonyl (C=O) groups excluding carboxylic acids is 2. The molecule has 0 saturated carbocycles. The van der Waals surface area contributed by atoms with Gasteiger partial charge in [-0.25, -0.2) is 9.59 Å². The highest BCUT2D eigenvalue weighted by Gasteiger charge is 2.38. The van der Waals surface area contributed by atoms with Crippen molar-refractivity contribution in [1.82, 2.24) is 4.90 Å². The maximum Gasteiger partial charge on any atom is 0.350 e. The first-order valence-electron chi connectivity index (χ1n) is 10.4. The molecule has 162 valence electrons. The van der Waals surface area contributed by atoms with Gasteiger partial charge >= 0.3 is 11.9 Å². The van der Waals surface area contributed by atoms with Crippen LogP contribution in [0.2, 0.25) is 0 Å². The Morgan fingerprint density at radius 3 is 2.13 bits per heavy atom. The summed E-state index contributed by atoms with van der Waals surface area (Å²) in [4.78, 5) is 28.8. The van der Waals surface area contributed by atoms with Crippen molar-refractivity contribution in [2.45, 2.75) is 26.2 Å². The van der Waals surface area contributed by atoms with Crippen LogP contribution < -0.4 is 10.2 Å². The Kier molecular flexibility index (Phi) is 5.95. The summed E-state index contributed by atoms with van der Waals surface area (Å²) in [7, 11) is 0. The fraction of sp³-hybridized carbons (Fsp3) is 0.333. The number of benzene rings is 2. The zero-order valence-corrected chi connectivity index (χ0v) is 17.8. The molecule has 1 N–H and O–H groups in total. The van der Waals surface area contributed by atoms with Gasteiger partial charge in [-0.2, -0.15) is 0 Å². The smallest absolute Gasteiger partial charge is 0.350 e. The average molecular weight is 421 g/mol. The van der Waals surface area contributed by atoms with Crippen LogP contribution >= 0.6 is 0 Å².